The molecule has 0 aliphatic carbocycles. The molecule has 0 saturated carbocycles. The maximum absolute atomic E-state index is 5.65. The number of rotatable bonds is 9. The van der Waals surface area contributed by atoms with E-state index in [9.17, 15) is 0 Å². The van der Waals surface area contributed by atoms with Gasteiger partial charge in [-0.1, -0.05) is 70.9 Å². The van der Waals surface area contributed by atoms with Gasteiger partial charge >= 0.3 is 0 Å². The number of halogens is 1. The van der Waals surface area contributed by atoms with E-state index in [1.165, 1.54) is 16.7 Å². The van der Waals surface area contributed by atoms with Gasteiger partial charge in [-0.3, -0.25) is 0 Å². The van der Waals surface area contributed by atoms with Gasteiger partial charge in [0.25, 0.3) is 0 Å². The van der Waals surface area contributed by atoms with E-state index in [2.05, 4.69) is 72.3 Å². The number of benzene rings is 1. The summed E-state index contributed by atoms with van der Waals surface area (Å²) < 4.78 is 5.65. The zero-order valence-electron chi connectivity index (χ0n) is 12.6. The van der Waals surface area contributed by atoms with E-state index in [0.717, 1.165) is 31.2 Å². The van der Waals surface area contributed by atoms with Gasteiger partial charge in [-0.05, 0) is 37.3 Å². The highest BCUT2D eigenvalue weighted by molar-refractivity contribution is 9.09. The lowest BCUT2D eigenvalue weighted by Gasteiger charge is -2.04. The number of hydrogen-bond acceptors (Lipinski definition) is 1. The van der Waals surface area contributed by atoms with Crippen LogP contribution in [0.15, 0.2) is 42.0 Å². The Morgan fingerprint density at radius 3 is 2.60 bits per heavy atom. The molecule has 0 radical (unpaired) electrons. The molecule has 0 aromatic heterocycles. The van der Waals surface area contributed by atoms with Crippen LogP contribution in [-0.4, -0.2) is 11.9 Å². The summed E-state index contributed by atoms with van der Waals surface area (Å²) in [5.41, 5.74) is 3.89. The predicted molar refractivity (Wildman–Crippen MR) is 92.2 cm³/mol. The normalized spacial score (nSPS) is 12.2. The highest BCUT2D eigenvalue weighted by atomic mass is 79.9. The number of hydrogen-bond donors (Lipinski definition) is 0. The molecule has 0 spiro atoms. The first-order chi connectivity index (χ1) is 9.76. The molecular formula is C18H25BrO. The van der Waals surface area contributed by atoms with Gasteiger partial charge in [-0.2, -0.15) is 0 Å². The summed E-state index contributed by atoms with van der Waals surface area (Å²) in [5.74, 6) is 0. The third-order valence-corrected chi connectivity index (χ3v) is 3.38. The average molecular weight is 337 g/mol. The predicted octanol–water partition coefficient (Wildman–Crippen LogP) is 5.75. The third-order valence-electron chi connectivity index (χ3n) is 2.98. The van der Waals surface area contributed by atoms with Gasteiger partial charge in [0, 0.05) is 5.33 Å². The fourth-order valence-corrected chi connectivity index (χ4v) is 2.47. The van der Waals surface area contributed by atoms with Crippen molar-refractivity contribution < 1.29 is 4.74 Å². The smallest absolute Gasteiger partial charge is 0.0717 e. The molecule has 1 aromatic carbocycles. The van der Waals surface area contributed by atoms with Crippen molar-refractivity contribution in [1.82, 2.24) is 0 Å². The minimum atomic E-state index is 0.699. The molecule has 1 aromatic rings. The molecule has 0 unspecified atom stereocenters. The maximum Gasteiger partial charge on any atom is 0.0717 e. The van der Waals surface area contributed by atoms with Crippen LogP contribution < -0.4 is 0 Å². The number of allylic oxidation sites excluding steroid dienone is 2. The van der Waals surface area contributed by atoms with E-state index in [4.69, 9.17) is 4.74 Å². The summed E-state index contributed by atoms with van der Waals surface area (Å²) in [6, 6.07) is 8.62. The van der Waals surface area contributed by atoms with Crippen molar-refractivity contribution in [3.63, 3.8) is 0 Å². The van der Waals surface area contributed by atoms with Crippen LogP contribution >= 0.6 is 15.9 Å². The lowest BCUT2D eigenvalue weighted by molar-refractivity contribution is 0.125. The van der Waals surface area contributed by atoms with E-state index >= 15 is 0 Å². The van der Waals surface area contributed by atoms with Crippen LogP contribution in [0.4, 0.5) is 0 Å². The molecule has 2 heteroatoms. The summed E-state index contributed by atoms with van der Waals surface area (Å²) in [5, 5.41) is 1.02. The second-order valence-corrected chi connectivity index (χ2v) is 5.69. The van der Waals surface area contributed by atoms with Crippen LogP contribution in [0.2, 0.25) is 0 Å². The molecule has 110 valence electrons. The van der Waals surface area contributed by atoms with Crippen LogP contribution in [-0.2, 0) is 11.3 Å². The summed E-state index contributed by atoms with van der Waals surface area (Å²) in [6.07, 6.45) is 9.79. The number of alkyl halides is 1. The molecule has 0 aliphatic heterocycles. The van der Waals surface area contributed by atoms with Gasteiger partial charge in [0.1, 0.15) is 0 Å². The van der Waals surface area contributed by atoms with Crippen molar-refractivity contribution >= 4 is 22.0 Å². The largest absolute Gasteiger partial charge is 0.376 e. The van der Waals surface area contributed by atoms with Gasteiger partial charge in [0.15, 0.2) is 0 Å². The van der Waals surface area contributed by atoms with Crippen molar-refractivity contribution in [1.29, 1.82) is 0 Å². The van der Waals surface area contributed by atoms with Crippen molar-refractivity contribution in [2.75, 3.05) is 11.9 Å². The minimum absolute atomic E-state index is 0.699. The highest BCUT2D eigenvalue weighted by Crippen LogP contribution is 2.12. The van der Waals surface area contributed by atoms with Crippen molar-refractivity contribution in [3.8, 4) is 0 Å². The van der Waals surface area contributed by atoms with E-state index in [1.54, 1.807) is 0 Å². The lowest BCUT2D eigenvalue weighted by atomic mass is 10.1. The maximum atomic E-state index is 5.65. The first-order valence-corrected chi connectivity index (χ1v) is 8.43. The molecule has 0 heterocycles. The fraction of sp³-hybridized carbons (Fsp3) is 0.444. The topological polar surface area (TPSA) is 9.23 Å². The number of ether oxygens (including phenoxy) is 1. The monoisotopic (exact) mass is 336 g/mol. The zero-order valence-corrected chi connectivity index (χ0v) is 14.2. The van der Waals surface area contributed by atoms with Crippen molar-refractivity contribution in [2.24, 2.45) is 0 Å². The van der Waals surface area contributed by atoms with E-state index in [1.807, 2.05) is 0 Å². The lowest BCUT2D eigenvalue weighted by Crippen LogP contribution is -1.94. The van der Waals surface area contributed by atoms with Crippen molar-refractivity contribution in [2.45, 2.75) is 39.7 Å². The van der Waals surface area contributed by atoms with E-state index < -0.39 is 0 Å². The Labute approximate surface area is 131 Å². The standard InChI is InChI=1S/C18H25BrO/c1-3-4-5-6-13-20-15-18-9-7-17(8-10-18)14-16(2)11-12-19/h4-5,7-10,14H,3,6,11-13,15H2,1-2H3/b5-4-,16-14+. The molecule has 0 fully saturated rings. The van der Waals surface area contributed by atoms with Gasteiger partial charge in [0.05, 0.1) is 13.2 Å². The van der Waals surface area contributed by atoms with Gasteiger partial charge < -0.3 is 4.74 Å². The third kappa shape index (κ3) is 7.66. The molecule has 20 heavy (non-hydrogen) atoms. The summed E-state index contributed by atoms with van der Waals surface area (Å²) in [6.45, 7) is 5.81. The molecule has 1 rings (SSSR count). The van der Waals surface area contributed by atoms with Gasteiger partial charge in [-0.25, -0.2) is 0 Å². The SMILES string of the molecule is CC/C=C\CCOCc1ccc(/C=C(\C)CCBr)cc1. The quantitative estimate of drug-likeness (QED) is 0.317. The van der Waals surface area contributed by atoms with E-state index in [0.29, 0.717) is 6.61 Å². The molecule has 0 saturated heterocycles. The molecule has 0 N–H and O–H groups in total. The minimum Gasteiger partial charge on any atom is -0.376 e. The molecule has 0 aliphatic rings. The Morgan fingerprint density at radius 2 is 1.95 bits per heavy atom. The Kier molecular flexibility index (Phi) is 9.35. The van der Waals surface area contributed by atoms with Crippen LogP contribution in [0, 0.1) is 0 Å². The van der Waals surface area contributed by atoms with Crippen LogP contribution in [0.1, 0.15) is 44.2 Å². The van der Waals surface area contributed by atoms with Crippen LogP contribution in [0.5, 0.6) is 0 Å². The Bertz CT molecular complexity index is 418. The summed E-state index contributed by atoms with van der Waals surface area (Å²) in [7, 11) is 0. The molecule has 1 nitrogen and oxygen atoms in total. The Balaban J connectivity index is 2.35. The molecule has 0 atom stereocenters. The average Bonchev–Trinajstić information content (AvgIpc) is 2.45. The van der Waals surface area contributed by atoms with Crippen molar-refractivity contribution in [3.05, 3.63) is 53.1 Å². The van der Waals surface area contributed by atoms with E-state index in [-0.39, 0.29) is 0 Å². The first-order valence-electron chi connectivity index (χ1n) is 7.31. The fourth-order valence-electron chi connectivity index (χ4n) is 1.84. The molecule has 0 bridgehead atoms. The van der Waals surface area contributed by atoms with Gasteiger partial charge in [-0.15, -0.1) is 0 Å². The molecule has 0 amide bonds. The van der Waals surface area contributed by atoms with Crippen LogP contribution in [0.25, 0.3) is 6.08 Å². The summed E-state index contributed by atoms with van der Waals surface area (Å²) >= 11 is 3.46. The molecular weight excluding hydrogens is 312 g/mol. The van der Waals surface area contributed by atoms with Crippen LogP contribution in [0.3, 0.4) is 0 Å². The zero-order chi connectivity index (χ0) is 14.6. The summed E-state index contributed by atoms with van der Waals surface area (Å²) in [4.78, 5) is 0. The first kappa shape index (κ1) is 17.2. The second-order valence-electron chi connectivity index (χ2n) is 4.89. The Morgan fingerprint density at radius 1 is 1.20 bits per heavy atom. The van der Waals surface area contributed by atoms with Gasteiger partial charge in [0.2, 0.25) is 0 Å². The second kappa shape index (κ2) is 10.9. The Hall–Kier alpha value is -0.860. The highest BCUT2D eigenvalue weighted by Gasteiger charge is 1.95.